The molecule has 0 aliphatic rings. The Kier molecular flexibility index (Phi) is 8.15. The number of hydrogen-bond donors (Lipinski definition) is 1. The van der Waals surface area contributed by atoms with Gasteiger partial charge in [-0.05, 0) is 61.6 Å². The normalized spacial score (nSPS) is 11.4. The maximum atomic E-state index is 13.2. The SMILES string of the molecule is CCCN(CC(=O)Nc1cc(C(C)(C)C)nn1-c1cccc(C)c1C)C(=O)c1ccc(CC)cc1. The molecule has 6 nitrogen and oxygen atoms in total. The zero-order valence-corrected chi connectivity index (χ0v) is 22.1. The molecule has 1 aromatic heterocycles. The number of aromatic nitrogens is 2. The summed E-state index contributed by atoms with van der Waals surface area (Å²) in [5, 5.41) is 7.87. The van der Waals surface area contributed by atoms with E-state index in [1.54, 1.807) is 9.58 Å². The van der Waals surface area contributed by atoms with Gasteiger partial charge in [-0.25, -0.2) is 4.68 Å². The standard InChI is InChI=1S/C29H38N4O2/c1-8-17-32(28(35)23-15-13-22(9-2)14-16-23)19-27(34)30-26-18-25(29(5,6)7)31-33(26)24-12-10-11-20(3)21(24)4/h10-16,18H,8-9,17,19H2,1-7H3,(H,30,34). The van der Waals surface area contributed by atoms with Crippen LogP contribution in [0.3, 0.4) is 0 Å². The number of benzene rings is 2. The maximum Gasteiger partial charge on any atom is 0.254 e. The van der Waals surface area contributed by atoms with Crippen LogP contribution in [0.15, 0.2) is 48.5 Å². The van der Waals surface area contributed by atoms with Gasteiger partial charge in [0.1, 0.15) is 12.4 Å². The van der Waals surface area contributed by atoms with Crippen molar-refractivity contribution in [3.05, 3.63) is 76.5 Å². The van der Waals surface area contributed by atoms with E-state index in [1.165, 1.54) is 5.56 Å². The predicted octanol–water partition coefficient (Wildman–Crippen LogP) is 5.84. The van der Waals surface area contributed by atoms with Gasteiger partial charge in [0.05, 0.1) is 11.4 Å². The van der Waals surface area contributed by atoms with Crippen molar-refractivity contribution < 1.29 is 9.59 Å². The maximum absolute atomic E-state index is 13.2. The summed E-state index contributed by atoms with van der Waals surface area (Å²) in [6.45, 7) is 15.0. The average Bonchev–Trinajstić information content (AvgIpc) is 3.24. The van der Waals surface area contributed by atoms with Crippen LogP contribution in [0.4, 0.5) is 5.82 Å². The van der Waals surface area contributed by atoms with E-state index < -0.39 is 0 Å². The highest BCUT2D eigenvalue weighted by Gasteiger charge is 2.24. The number of aryl methyl sites for hydroxylation is 2. The summed E-state index contributed by atoms with van der Waals surface area (Å²) < 4.78 is 1.80. The number of nitrogens with one attached hydrogen (secondary N) is 1. The fourth-order valence-electron chi connectivity index (χ4n) is 3.93. The van der Waals surface area contributed by atoms with Crippen molar-refractivity contribution in [1.29, 1.82) is 0 Å². The number of carbonyl (C=O) groups excluding carboxylic acids is 2. The molecule has 0 radical (unpaired) electrons. The zero-order valence-electron chi connectivity index (χ0n) is 22.1. The van der Waals surface area contributed by atoms with Crippen LogP contribution in [0.1, 0.15) is 73.8 Å². The first-order valence-electron chi connectivity index (χ1n) is 12.4. The van der Waals surface area contributed by atoms with Crippen LogP contribution in [0.2, 0.25) is 0 Å². The number of anilines is 1. The summed E-state index contributed by atoms with van der Waals surface area (Å²) in [5.74, 6) is 0.219. The van der Waals surface area contributed by atoms with Crippen molar-refractivity contribution in [2.24, 2.45) is 0 Å². The third kappa shape index (κ3) is 6.18. The Morgan fingerprint density at radius 1 is 1.03 bits per heavy atom. The predicted molar refractivity (Wildman–Crippen MR) is 142 cm³/mol. The van der Waals surface area contributed by atoms with Crippen LogP contribution < -0.4 is 5.32 Å². The van der Waals surface area contributed by atoms with E-state index in [0.29, 0.717) is 17.9 Å². The highest BCUT2D eigenvalue weighted by Crippen LogP contribution is 2.28. The average molecular weight is 475 g/mol. The fraction of sp³-hybridized carbons (Fsp3) is 0.414. The molecule has 0 aliphatic heterocycles. The van der Waals surface area contributed by atoms with Crippen molar-refractivity contribution in [2.45, 2.75) is 66.7 Å². The van der Waals surface area contributed by atoms with Crippen molar-refractivity contribution in [3.63, 3.8) is 0 Å². The molecule has 0 bridgehead atoms. The summed E-state index contributed by atoms with van der Waals surface area (Å²) in [4.78, 5) is 27.9. The Morgan fingerprint density at radius 3 is 2.31 bits per heavy atom. The molecule has 0 aliphatic carbocycles. The Labute approximate surface area is 209 Å². The minimum atomic E-state index is -0.246. The van der Waals surface area contributed by atoms with E-state index in [1.807, 2.05) is 49.4 Å². The number of rotatable bonds is 8. The minimum absolute atomic E-state index is 0.0228. The van der Waals surface area contributed by atoms with Crippen LogP contribution >= 0.6 is 0 Å². The molecule has 186 valence electrons. The molecule has 0 saturated heterocycles. The number of carbonyl (C=O) groups is 2. The molecular formula is C29H38N4O2. The van der Waals surface area contributed by atoms with E-state index in [2.05, 4.69) is 52.9 Å². The molecule has 0 spiro atoms. The summed E-state index contributed by atoms with van der Waals surface area (Å²) in [6, 6.07) is 15.6. The van der Waals surface area contributed by atoms with Crippen molar-refractivity contribution in [3.8, 4) is 5.69 Å². The Balaban J connectivity index is 1.87. The molecule has 0 atom stereocenters. The van der Waals surface area contributed by atoms with Crippen LogP contribution in [-0.2, 0) is 16.6 Å². The molecule has 6 heteroatoms. The molecular weight excluding hydrogens is 436 g/mol. The lowest BCUT2D eigenvalue weighted by Crippen LogP contribution is -2.38. The summed E-state index contributed by atoms with van der Waals surface area (Å²) >= 11 is 0. The van der Waals surface area contributed by atoms with Crippen LogP contribution in [0.5, 0.6) is 0 Å². The largest absolute Gasteiger partial charge is 0.329 e. The van der Waals surface area contributed by atoms with Gasteiger partial charge >= 0.3 is 0 Å². The van der Waals surface area contributed by atoms with E-state index in [4.69, 9.17) is 5.10 Å². The smallest absolute Gasteiger partial charge is 0.254 e. The van der Waals surface area contributed by atoms with E-state index in [9.17, 15) is 9.59 Å². The van der Waals surface area contributed by atoms with Gasteiger partial charge in [-0.3, -0.25) is 9.59 Å². The molecule has 1 heterocycles. The highest BCUT2D eigenvalue weighted by molar-refractivity contribution is 5.99. The molecule has 3 aromatic rings. The fourth-order valence-corrected chi connectivity index (χ4v) is 3.93. The highest BCUT2D eigenvalue weighted by atomic mass is 16.2. The van der Waals surface area contributed by atoms with Crippen molar-refractivity contribution in [1.82, 2.24) is 14.7 Å². The van der Waals surface area contributed by atoms with Gasteiger partial charge in [-0.2, -0.15) is 5.10 Å². The molecule has 0 saturated carbocycles. The Morgan fingerprint density at radius 2 is 1.71 bits per heavy atom. The first-order chi connectivity index (χ1) is 16.5. The van der Waals surface area contributed by atoms with Crippen LogP contribution in [-0.4, -0.2) is 39.6 Å². The third-order valence-electron chi connectivity index (χ3n) is 6.27. The lowest BCUT2D eigenvalue weighted by Gasteiger charge is -2.22. The molecule has 3 rings (SSSR count). The quantitative estimate of drug-likeness (QED) is 0.446. The second kappa shape index (κ2) is 10.9. The zero-order chi connectivity index (χ0) is 25.8. The van der Waals surface area contributed by atoms with E-state index in [-0.39, 0.29) is 23.8 Å². The van der Waals surface area contributed by atoms with Crippen LogP contribution in [0.25, 0.3) is 5.69 Å². The second-order valence-electron chi connectivity index (χ2n) is 10.1. The van der Waals surface area contributed by atoms with Gasteiger partial charge < -0.3 is 10.2 Å². The second-order valence-corrected chi connectivity index (χ2v) is 10.1. The summed E-state index contributed by atoms with van der Waals surface area (Å²) in [7, 11) is 0. The lowest BCUT2D eigenvalue weighted by atomic mass is 9.92. The van der Waals surface area contributed by atoms with Crippen molar-refractivity contribution >= 4 is 17.6 Å². The monoisotopic (exact) mass is 474 g/mol. The number of amides is 2. The Bertz CT molecular complexity index is 1190. The van der Waals surface area contributed by atoms with Gasteiger partial charge in [-0.1, -0.05) is 58.9 Å². The van der Waals surface area contributed by atoms with Crippen molar-refractivity contribution in [2.75, 3.05) is 18.4 Å². The van der Waals surface area contributed by atoms with E-state index >= 15 is 0 Å². The number of hydrogen-bond acceptors (Lipinski definition) is 3. The molecule has 1 N–H and O–H groups in total. The molecule has 2 amide bonds. The Hall–Kier alpha value is -3.41. The summed E-state index contributed by atoms with van der Waals surface area (Å²) in [6.07, 6.45) is 1.68. The minimum Gasteiger partial charge on any atom is -0.329 e. The van der Waals surface area contributed by atoms with E-state index in [0.717, 1.165) is 35.3 Å². The number of nitrogens with zero attached hydrogens (tertiary/aromatic N) is 3. The topological polar surface area (TPSA) is 67.2 Å². The first kappa shape index (κ1) is 26.2. The first-order valence-corrected chi connectivity index (χ1v) is 12.4. The molecule has 0 unspecified atom stereocenters. The van der Waals surface area contributed by atoms with Crippen LogP contribution in [0, 0.1) is 13.8 Å². The summed E-state index contributed by atoms with van der Waals surface area (Å²) in [5.41, 5.74) is 5.65. The molecule has 2 aromatic carbocycles. The van der Waals surface area contributed by atoms with Gasteiger partial charge in [0.2, 0.25) is 5.91 Å². The molecule has 0 fully saturated rings. The molecule has 35 heavy (non-hydrogen) atoms. The van der Waals surface area contributed by atoms with Gasteiger partial charge in [0.25, 0.3) is 5.91 Å². The van der Waals surface area contributed by atoms with Gasteiger partial charge in [0, 0.05) is 23.6 Å². The lowest BCUT2D eigenvalue weighted by molar-refractivity contribution is -0.116. The van der Waals surface area contributed by atoms with Gasteiger partial charge in [0.15, 0.2) is 0 Å². The third-order valence-corrected chi connectivity index (χ3v) is 6.27. The van der Waals surface area contributed by atoms with Gasteiger partial charge in [-0.15, -0.1) is 0 Å².